The molecule has 182 valence electrons. The van der Waals surface area contributed by atoms with E-state index in [1.807, 2.05) is 0 Å². The largest absolute Gasteiger partial charge is 0.377 e. The van der Waals surface area contributed by atoms with Crippen molar-refractivity contribution in [2.24, 2.45) is 52.3 Å². The lowest BCUT2D eigenvalue weighted by molar-refractivity contribution is -0.136. The maximum absolute atomic E-state index is 8.84. The second-order valence-electron chi connectivity index (χ2n) is 13.4. The molecule has 0 bridgehead atoms. The summed E-state index contributed by atoms with van der Waals surface area (Å²) in [5.74, 6) is 6.51. The van der Waals surface area contributed by atoms with Gasteiger partial charge >= 0.3 is 0 Å². The van der Waals surface area contributed by atoms with Gasteiger partial charge in [-0.15, -0.1) is 0 Å². The normalized spacial score (nSPS) is 44.4. The summed E-state index contributed by atoms with van der Waals surface area (Å²) < 4.78 is 6.10. The van der Waals surface area contributed by atoms with Crippen LogP contribution >= 0.6 is 0 Å². The van der Waals surface area contributed by atoms with Crippen LogP contribution in [0.4, 0.5) is 0 Å². The Morgan fingerprint density at radius 1 is 0.906 bits per heavy atom. The van der Waals surface area contributed by atoms with Gasteiger partial charge in [0.05, 0.1) is 25.2 Å². The van der Waals surface area contributed by atoms with Gasteiger partial charge < -0.3 is 4.74 Å². The Kier molecular flexibility index (Phi) is 7.66. The molecular formula is C30H51NO. The Bertz CT molecular complexity index is 666. The maximum atomic E-state index is 8.84. The van der Waals surface area contributed by atoms with Gasteiger partial charge in [0.1, 0.15) is 0 Å². The van der Waals surface area contributed by atoms with Crippen LogP contribution in [0.3, 0.4) is 0 Å². The standard InChI is InChI=1S/C30H51NO/c1-21(2)8-6-9-22(3)26-12-13-27-25-11-10-23-20-24(32-19-7-18-31)14-16-29(23,4)28(25)15-17-30(26,27)5/h21-28H,6-17,19-20H2,1-5H3/t22-,23?,24?,25+,26-,27+,28+,29+,30-/m1/s1. The van der Waals surface area contributed by atoms with Crippen LogP contribution in [0.2, 0.25) is 0 Å². The Balaban J connectivity index is 1.40. The zero-order valence-corrected chi connectivity index (χ0v) is 21.9. The van der Waals surface area contributed by atoms with Gasteiger partial charge in [-0.3, -0.25) is 0 Å². The average molecular weight is 442 g/mol. The van der Waals surface area contributed by atoms with Crippen LogP contribution in [0.5, 0.6) is 0 Å². The molecule has 4 rings (SSSR count). The SMILES string of the molecule is CC(C)CCC[C@@H](C)[C@H]1CC[C@H]2[C@@H]3CCC4CC(OCCC#N)CC[C@]4(C)[C@H]3CC[C@]12C. The molecule has 0 aromatic heterocycles. The zero-order valence-electron chi connectivity index (χ0n) is 21.9. The summed E-state index contributed by atoms with van der Waals surface area (Å²) >= 11 is 0. The van der Waals surface area contributed by atoms with Crippen LogP contribution in [-0.2, 0) is 4.74 Å². The minimum atomic E-state index is 0.411. The second kappa shape index (κ2) is 9.98. The predicted molar refractivity (Wildman–Crippen MR) is 133 cm³/mol. The molecule has 2 nitrogen and oxygen atoms in total. The highest BCUT2D eigenvalue weighted by Crippen LogP contribution is 2.68. The Morgan fingerprint density at radius 2 is 1.66 bits per heavy atom. The number of rotatable bonds is 8. The van der Waals surface area contributed by atoms with Gasteiger partial charge in [-0.25, -0.2) is 0 Å². The van der Waals surface area contributed by atoms with Crippen LogP contribution in [0.1, 0.15) is 118 Å². The first-order valence-corrected chi connectivity index (χ1v) is 14.3. The summed E-state index contributed by atoms with van der Waals surface area (Å²) in [6, 6.07) is 2.24. The van der Waals surface area contributed by atoms with Crippen molar-refractivity contribution in [1.29, 1.82) is 5.26 Å². The average Bonchev–Trinajstić information content (AvgIpc) is 3.11. The van der Waals surface area contributed by atoms with E-state index in [1.54, 1.807) is 0 Å². The van der Waals surface area contributed by atoms with E-state index >= 15 is 0 Å². The van der Waals surface area contributed by atoms with Crippen molar-refractivity contribution in [3.05, 3.63) is 0 Å². The summed E-state index contributed by atoms with van der Waals surface area (Å²) in [6.07, 6.45) is 18.0. The van der Waals surface area contributed by atoms with Crippen molar-refractivity contribution in [2.45, 2.75) is 124 Å². The van der Waals surface area contributed by atoms with E-state index in [0.717, 1.165) is 41.4 Å². The lowest BCUT2D eigenvalue weighted by Gasteiger charge is -2.61. The summed E-state index contributed by atoms with van der Waals surface area (Å²) in [4.78, 5) is 0. The fourth-order valence-electron chi connectivity index (χ4n) is 9.67. The molecular weight excluding hydrogens is 390 g/mol. The third-order valence-corrected chi connectivity index (χ3v) is 11.4. The molecule has 9 atom stereocenters. The maximum Gasteiger partial charge on any atom is 0.0645 e. The van der Waals surface area contributed by atoms with Crippen molar-refractivity contribution < 1.29 is 4.74 Å². The van der Waals surface area contributed by atoms with Gasteiger partial charge in [-0.2, -0.15) is 5.26 Å². The van der Waals surface area contributed by atoms with E-state index in [4.69, 9.17) is 10.00 Å². The minimum absolute atomic E-state index is 0.411. The van der Waals surface area contributed by atoms with Gasteiger partial charge in [0, 0.05) is 0 Å². The first-order chi connectivity index (χ1) is 15.3. The first kappa shape index (κ1) is 24.6. The zero-order chi connectivity index (χ0) is 22.9. The Labute approximate surface area is 199 Å². The summed E-state index contributed by atoms with van der Waals surface area (Å²) in [5.41, 5.74) is 1.15. The number of fused-ring (bicyclic) bond motifs is 5. The van der Waals surface area contributed by atoms with Gasteiger partial charge in [0.2, 0.25) is 0 Å². The third-order valence-electron chi connectivity index (χ3n) is 11.4. The van der Waals surface area contributed by atoms with E-state index < -0.39 is 0 Å². The second-order valence-corrected chi connectivity index (χ2v) is 13.4. The van der Waals surface area contributed by atoms with Crippen molar-refractivity contribution in [3.63, 3.8) is 0 Å². The van der Waals surface area contributed by atoms with Gasteiger partial charge in [0.25, 0.3) is 0 Å². The van der Waals surface area contributed by atoms with E-state index in [1.165, 1.54) is 77.0 Å². The molecule has 0 amide bonds. The molecule has 0 aromatic rings. The van der Waals surface area contributed by atoms with E-state index in [-0.39, 0.29) is 0 Å². The fraction of sp³-hybridized carbons (Fsp3) is 0.967. The van der Waals surface area contributed by atoms with Crippen molar-refractivity contribution >= 4 is 0 Å². The number of hydrogen-bond donors (Lipinski definition) is 0. The molecule has 0 radical (unpaired) electrons. The highest BCUT2D eigenvalue weighted by atomic mass is 16.5. The monoisotopic (exact) mass is 441 g/mol. The lowest BCUT2D eigenvalue weighted by atomic mass is 9.44. The van der Waals surface area contributed by atoms with E-state index in [2.05, 4.69) is 40.7 Å². The van der Waals surface area contributed by atoms with Gasteiger partial charge in [0.15, 0.2) is 0 Å². The fourth-order valence-corrected chi connectivity index (χ4v) is 9.67. The Morgan fingerprint density at radius 3 is 2.41 bits per heavy atom. The van der Waals surface area contributed by atoms with Crippen LogP contribution in [0.15, 0.2) is 0 Å². The molecule has 0 N–H and O–H groups in total. The number of ether oxygens (including phenoxy) is 1. The van der Waals surface area contributed by atoms with Gasteiger partial charge in [-0.1, -0.05) is 53.9 Å². The van der Waals surface area contributed by atoms with Crippen LogP contribution in [0.25, 0.3) is 0 Å². The summed E-state index contributed by atoms with van der Waals surface area (Å²) in [6.45, 7) is 13.4. The number of nitriles is 1. The van der Waals surface area contributed by atoms with Gasteiger partial charge in [-0.05, 0) is 110 Å². The third kappa shape index (κ3) is 4.54. The molecule has 2 unspecified atom stereocenters. The number of hydrogen-bond acceptors (Lipinski definition) is 2. The molecule has 0 aromatic carbocycles. The smallest absolute Gasteiger partial charge is 0.0645 e. The molecule has 2 heteroatoms. The first-order valence-electron chi connectivity index (χ1n) is 14.3. The molecule has 4 aliphatic carbocycles. The summed E-state index contributed by atoms with van der Waals surface area (Å²) in [5, 5.41) is 8.84. The molecule has 0 heterocycles. The van der Waals surface area contributed by atoms with Crippen molar-refractivity contribution in [2.75, 3.05) is 6.61 Å². The van der Waals surface area contributed by atoms with Crippen LogP contribution < -0.4 is 0 Å². The van der Waals surface area contributed by atoms with Crippen LogP contribution in [0, 0.1) is 63.6 Å². The predicted octanol–water partition coefficient (Wildman–Crippen LogP) is 8.41. The molecule has 0 aliphatic heterocycles. The Hall–Kier alpha value is -0.550. The van der Waals surface area contributed by atoms with E-state index in [9.17, 15) is 0 Å². The highest BCUT2D eigenvalue weighted by Gasteiger charge is 2.60. The topological polar surface area (TPSA) is 33.0 Å². The van der Waals surface area contributed by atoms with Crippen molar-refractivity contribution in [1.82, 2.24) is 0 Å². The molecule has 4 fully saturated rings. The summed E-state index contributed by atoms with van der Waals surface area (Å²) in [7, 11) is 0. The quantitative estimate of drug-likeness (QED) is 0.354. The van der Waals surface area contributed by atoms with Crippen LogP contribution in [-0.4, -0.2) is 12.7 Å². The lowest BCUT2D eigenvalue weighted by Crippen LogP contribution is -2.54. The molecule has 32 heavy (non-hydrogen) atoms. The molecule has 0 spiro atoms. The van der Waals surface area contributed by atoms with E-state index in [0.29, 0.717) is 30.0 Å². The van der Waals surface area contributed by atoms with Crippen molar-refractivity contribution in [3.8, 4) is 6.07 Å². The molecule has 4 aliphatic rings. The molecule has 0 saturated heterocycles. The molecule has 4 saturated carbocycles. The highest BCUT2D eigenvalue weighted by molar-refractivity contribution is 5.09. The minimum Gasteiger partial charge on any atom is -0.377 e. The number of nitrogens with zero attached hydrogens (tertiary/aromatic N) is 1.